The first-order valence-corrected chi connectivity index (χ1v) is 12.2. The van der Waals surface area contributed by atoms with Gasteiger partial charge in [-0.25, -0.2) is 0 Å². The van der Waals surface area contributed by atoms with Crippen LogP contribution in [0.5, 0.6) is 0 Å². The van der Waals surface area contributed by atoms with Crippen LogP contribution in [-0.4, -0.2) is 24.9 Å². The quantitative estimate of drug-likeness (QED) is 0.250. The van der Waals surface area contributed by atoms with E-state index in [0.29, 0.717) is 5.69 Å². The fraction of sp³-hybridized carbons (Fsp3) is 0.615. The Morgan fingerprint density at radius 1 is 0.935 bits per heavy atom. The summed E-state index contributed by atoms with van der Waals surface area (Å²) in [7, 11) is 0. The summed E-state index contributed by atoms with van der Waals surface area (Å²) >= 11 is 0. The van der Waals surface area contributed by atoms with Crippen molar-refractivity contribution in [2.24, 2.45) is 5.73 Å². The first-order chi connectivity index (χ1) is 15.1. The molecule has 0 spiro atoms. The molecule has 0 radical (unpaired) electrons. The Bertz CT molecular complexity index is 715. The van der Waals surface area contributed by atoms with Gasteiger partial charge in [-0.2, -0.15) is 0 Å². The molecule has 0 fully saturated rings. The maximum absolute atomic E-state index is 11.8. The number of carbonyl (C=O) groups is 2. The zero-order valence-electron chi connectivity index (χ0n) is 19.3. The summed E-state index contributed by atoms with van der Waals surface area (Å²) < 4.78 is 0. The van der Waals surface area contributed by atoms with Gasteiger partial charge in [-0.1, -0.05) is 89.7 Å². The van der Waals surface area contributed by atoms with E-state index >= 15 is 0 Å². The molecule has 1 heterocycles. The fourth-order valence-corrected chi connectivity index (χ4v) is 4.18. The SMILES string of the molecule is CCCCCCCCCCCCCCN1CC=Cc2cc(NC(=O)CC(N)=O)ccc21. The highest BCUT2D eigenvalue weighted by molar-refractivity contribution is 6.03. The van der Waals surface area contributed by atoms with Crippen LogP contribution < -0.4 is 16.0 Å². The smallest absolute Gasteiger partial charge is 0.233 e. The summed E-state index contributed by atoms with van der Waals surface area (Å²) in [4.78, 5) is 25.0. The Kier molecular flexibility index (Phi) is 11.8. The Balaban J connectivity index is 1.62. The van der Waals surface area contributed by atoms with E-state index in [-0.39, 0.29) is 12.3 Å². The average molecular weight is 428 g/mol. The van der Waals surface area contributed by atoms with Crippen molar-refractivity contribution in [3.05, 3.63) is 29.8 Å². The van der Waals surface area contributed by atoms with E-state index in [9.17, 15) is 9.59 Å². The van der Waals surface area contributed by atoms with Crippen LogP contribution in [0.4, 0.5) is 11.4 Å². The van der Waals surface area contributed by atoms with Gasteiger partial charge in [0.15, 0.2) is 0 Å². The van der Waals surface area contributed by atoms with Gasteiger partial charge in [0, 0.05) is 24.5 Å². The van der Waals surface area contributed by atoms with Crippen LogP contribution in [0.25, 0.3) is 6.08 Å². The number of fused-ring (bicyclic) bond motifs is 1. The zero-order chi connectivity index (χ0) is 22.3. The van der Waals surface area contributed by atoms with Crippen molar-refractivity contribution in [2.45, 2.75) is 90.4 Å². The Morgan fingerprint density at radius 2 is 1.55 bits per heavy atom. The number of benzene rings is 1. The molecule has 1 aliphatic rings. The van der Waals surface area contributed by atoms with E-state index in [0.717, 1.165) is 18.7 Å². The summed E-state index contributed by atoms with van der Waals surface area (Å²) in [5, 5.41) is 2.74. The minimum Gasteiger partial charge on any atom is -0.369 e. The number of rotatable bonds is 16. The van der Waals surface area contributed by atoms with E-state index in [1.807, 2.05) is 12.1 Å². The van der Waals surface area contributed by atoms with Gasteiger partial charge in [0.05, 0.1) is 0 Å². The zero-order valence-corrected chi connectivity index (χ0v) is 19.3. The van der Waals surface area contributed by atoms with Crippen LogP contribution in [0.1, 0.15) is 96.0 Å². The van der Waals surface area contributed by atoms with Gasteiger partial charge in [-0.15, -0.1) is 0 Å². The number of anilines is 2. The highest BCUT2D eigenvalue weighted by atomic mass is 16.2. The highest BCUT2D eigenvalue weighted by Crippen LogP contribution is 2.29. The second-order valence-corrected chi connectivity index (χ2v) is 8.70. The van der Waals surface area contributed by atoms with E-state index in [4.69, 9.17) is 5.73 Å². The maximum Gasteiger partial charge on any atom is 0.233 e. The van der Waals surface area contributed by atoms with Gasteiger partial charge in [-0.05, 0) is 30.2 Å². The third-order valence-corrected chi connectivity index (χ3v) is 5.89. The largest absolute Gasteiger partial charge is 0.369 e. The molecule has 0 unspecified atom stereocenters. The minimum atomic E-state index is -0.621. The molecule has 0 aliphatic carbocycles. The van der Waals surface area contributed by atoms with Crippen molar-refractivity contribution in [3.63, 3.8) is 0 Å². The molecule has 0 saturated carbocycles. The van der Waals surface area contributed by atoms with Crippen LogP contribution in [0.3, 0.4) is 0 Å². The predicted molar refractivity (Wildman–Crippen MR) is 131 cm³/mol. The molecule has 0 aromatic heterocycles. The van der Waals surface area contributed by atoms with Crippen LogP contribution >= 0.6 is 0 Å². The van der Waals surface area contributed by atoms with Crippen molar-refractivity contribution >= 4 is 29.3 Å². The van der Waals surface area contributed by atoms with E-state index in [2.05, 4.69) is 35.4 Å². The van der Waals surface area contributed by atoms with Gasteiger partial charge in [0.25, 0.3) is 0 Å². The molecule has 1 aromatic carbocycles. The van der Waals surface area contributed by atoms with Gasteiger partial charge in [0.1, 0.15) is 6.42 Å². The van der Waals surface area contributed by atoms with Crippen molar-refractivity contribution < 1.29 is 9.59 Å². The first-order valence-electron chi connectivity index (χ1n) is 12.2. The Labute approximate surface area is 188 Å². The van der Waals surface area contributed by atoms with Crippen LogP contribution in [-0.2, 0) is 9.59 Å². The number of nitrogens with two attached hydrogens (primary N) is 1. The van der Waals surface area contributed by atoms with Gasteiger partial charge in [-0.3, -0.25) is 9.59 Å². The Hall–Kier alpha value is -2.30. The van der Waals surface area contributed by atoms with E-state index < -0.39 is 5.91 Å². The molecule has 1 aromatic rings. The normalized spacial score (nSPS) is 12.6. The highest BCUT2D eigenvalue weighted by Gasteiger charge is 2.14. The average Bonchev–Trinajstić information content (AvgIpc) is 2.73. The molecule has 5 nitrogen and oxygen atoms in total. The summed E-state index contributed by atoms with van der Waals surface area (Å²) in [6.07, 6.45) is 20.3. The molecule has 2 amide bonds. The second-order valence-electron chi connectivity index (χ2n) is 8.70. The number of nitrogens with one attached hydrogen (secondary N) is 1. The monoisotopic (exact) mass is 427 g/mol. The molecule has 2 rings (SSSR count). The summed E-state index contributed by atoms with van der Waals surface area (Å²) in [5.74, 6) is -0.996. The maximum atomic E-state index is 11.8. The van der Waals surface area contributed by atoms with E-state index in [1.54, 1.807) is 0 Å². The van der Waals surface area contributed by atoms with Crippen LogP contribution in [0.15, 0.2) is 24.3 Å². The van der Waals surface area contributed by atoms with Crippen molar-refractivity contribution in [1.82, 2.24) is 0 Å². The number of amides is 2. The standard InChI is InChI=1S/C26H41N3O2/c1-2-3-4-5-6-7-8-9-10-11-12-13-18-29-19-14-15-22-20-23(16-17-24(22)29)28-26(31)21-25(27)30/h14-17,20H,2-13,18-19,21H2,1H3,(H2,27,30)(H,28,31). The lowest BCUT2D eigenvalue weighted by molar-refractivity contribution is -0.124. The van der Waals surface area contributed by atoms with Crippen molar-refractivity contribution in [3.8, 4) is 0 Å². The third-order valence-electron chi connectivity index (χ3n) is 5.89. The second kappa shape index (κ2) is 14.7. The fourth-order valence-electron chi connectivity index (χ4n) is 4.18. The molecule has 172 valence electrons. The lowest BCUT2D eigenvalue weighted by Gasteiger charge is -2.28. The molecule has 0 bridgehead atoms. The number of hydrogen-bond donors (Lipinski definition) is 2. The molecule has 0 atom stereocenters. The van der Waals surface area contributed by atoms with Gasteiger partial charge < -0.3 is 16.0 Å². The summed E-state index contributed by atoms with van der Waals surface area (Å²) in [6.45, 7) is 4.26. The summed E-state index contributed by atoms with van der Waals surface area (Å²) in [5.41, 5.74) is 8.08. The number of nitrogens with zero attached hydrogens (tertiary/aromatic N) is 1. The van der Waals surface area contributed by atoms with Crippen LogP contribution in [0, 0.1) is 0 Å². The molecule has 5 heteroatoms. The van der Waals surface area contributed by atoms with Gasteiger partial charge >= 0.3 is 0 Å². The van der Waals surface area contributed by atoms with Crippen molar-refractivity contribution in [1.29, 1.82) is 0 Å². The molecular formula is C26H41N3O2. The first kappa shape index (κ1) is 25.0. The predicted octanol–water partition coefficient (Wildman–Crippen LogP) is 6.03. The third kappa shape index (κ3) is 10.0. The van der Waals surface area contributed by atoms with Crippen LogP contribution in [0.2, 0.25) is 0 Å². The van der Waals surface area contributed by atoms with Crippen molar-refractivity contribution in [2.75, 3.05) is 23.3 Å². The molecule has 31 heavy (non-hydrogen) atoms. The summed E-state index contributed by atoms with van der Waals surface area (Å²) in [6, 6.07) is 5.91. The number of carbonyl (C=O) groups excluding carboxylic acids is 2. The molecule has 1 aliphatic heterocycles. The molecular weight excluding hydrogens is 386 g/mol. The number of hydrogen-bond acceptors (Lipinski definition) is 3. The number of primary amides is 1. The van der Waals surface area contributed by atoms with E-state index in [1.165, 1.54) is 82.7 Å². The lowest BCUT2D eigenvalue weighted by Crippen LogP contribution is -2.27. The van der Waals surface area contributed by atoms with Gasteiger partial charge in [0.2, 0.25) is 11.8 Å². The topological polar surface area (TPSA) is 75.4 Å². The molecule has 3 N–H and O–H groups in total. The number of unbranched alkanes of at least 4 members (excludes halogenated alkanes) is 11. The molecule has 0 saturated heterocycles. The minimum absolute atomic E-state index is 0.294. The lowest BCUT2D eigenvalue weighted by atomic mass is 10.0. The Morgan fingerprint density at radius 3 is 2.16 bits per heavy atom.